The van der Waals surface area contributed by atoms with Crippen LogP contribution in [0.2, 0.25) is 0 Å². The van der Waals surface area contributed by atoms with Crippen molar-refractivity contribution in [2.75, 3.05) is 20.0 Å². The van der Waals surface area contributed by atoms with E-state index in [4.69, 9.17) is 10.5 Å². The largest absolute Gasteiger partial charge is 0.467 e. The maximum absolute atomic E-state index is 11.2. The van der Waals surface area contributed by atoms with E-state index in [2.05, 4.69) is 4.74 Å². The van der Waals surface area contributed by atoms with Gasteiger partial charge in [-0.3, -0.25) is 0 Å². The van der Waals surface area contributed by atoms with Crippen molar-refractivity contribution in [1.29, 1.82) is 0 Å². The summed E-state index contributed by atoms with van der Waals surface area (Å²) in [6.45, 7) is 0. The molecule has 0 fully saturated rings. The van der Waals surface area contributed by atoms with Crippen molar-refractivity contribution >= 4 is 11.7 Å². The Morgan fingerprint density at radius 2 is 1.93 bits per heavy atom. The molecule has 0 radical (unpaired) electrons. The van der Waals surface area contributed by atoms with Crippen LogP contribution in [0.1, 0.15) is 5.56 Å². The fourth-order valence-corrected chi connectivity index (χ4v) is 1.26. The van der Waals surface area contributed by atoms with Crippen LogP contribution in [0, 0.1) is 0 Å². The fraction of sp³-hybridized carbons (Fsp3) is 0.364. The van der Waals surface area contributed by atoms with Crippen LogP contribution in [0.3, 0.4) is 0 Å². The predicted molar refractivity (Wildman–Crippen MR) is 57.4 cm³/mol. The number of esters is 1. The van der Waals surface area contributed by atoms with Crippen molar-refractivity contribution in [2.45, 2.75) is 12.5 Å². The smallest absolute Gasteiger partial charge is 0.335 e. The summed E-state index contributed by atoms with van der Waals surface area (Å²) in [5, 5.41) is 0. The van der Waals surface area contributed by atoms with Crippen molar-refractivity contribution in [2.24, 2.45) is 0 Å². The Bertz CT molecular complexity index is 321. The first-order chi connectivity index (χ1) is 7.17. The molecule has 4 nitrogen and oxygen atoms in total. The van der Waals surface area contributed by atoms with E-state index < -0.39 is 6.10 Å². The maximum Gasteiger partial charge on any atom is 0.335 e. The van der Waals surface area contributed by atoms with Gasteiger partial charge in [0.25, 0.3) is 0 Å². The molecule has 0 saturated heterocycles. The van der Waals surface area contributed by atoms with Crippen LogP contribution in [0.25, 0.3) is 0 Å². The van der Waals surface area contributed by atoms with Crippen LogP contribution < -0.4 is 5.73 Å². The molecule has 2 N–H and O–H groups in total. The summed E-state index contributed by atoms with van der Waals surface area (Å²) in [5.74, 6) is -0.366. The van der Waals surface area contributed by atoms with E-state index in [-0.39, 0.29) is 5.97 Å². The van der Waals surface area contributed by atoms with Gasteiger partial charge in [0.2, 0.25) is 0 Å². The van der Waals surface area contributed by atoms with E-state index in [1.807, 2.05) is 12.1 Å². The monoisotopic (exact) mass is 209 g/mol. The Morgan fingerprint density at radius 3 is 2.40 bits per heavy atom. The first-order valence-electron chi connectivity index (χ1n) is 4.62. The molecule has 0 aromatic heterocycles. The lowest BCUT2D eigenvalue weighted by atomic mass is 10.1. The Kier molecular flexibility index (Phi) is 4.12. The molecule has 82 valence electrons. The molecule has 0 bridgehead atoms. The molecular formula is C11H15NO3. The highest BCUT2D eigenvalue weighted by Crippen LogP contribution is 2.10. The van der Waals surface area contributed by atoms with Crippen LogP contribution in [0.5, 0.6) is 0 Å². The number of nitrogen functional groups attached to an aromatic ring is 1. The number of ether oxygens (including phenoxy) is 2. The zero-order chi connectivity index (χ0) is 11.3. The van der Waals surface area contributed by atoms with Gasteiger partial charge in [0, 0.05) is 19.2 Å². The number of anilines is 1. The lowest BCUT2D eigenvalue weighted by molar-refractivity contribution is -0.152. The standard InChI is InChI=1S/C11H15NO3/c1-14-10(11(13)15-2)7-8-3-5-9(12)6-4-8/h3-6,10H,7,12H2,1-2H3/t10-/m1/s1. The number of rotatable bonds is 4. The first kappa shape index (κ1) is 11.5. The maximum atomic E-state index is 11.2. The molecule has 0 spiro atoms. The van der Waals surface area contributed by atoms with Crippen molar-refractivity contribution in [3.63, 3.8) is 0 Å². The van der Waals surface area contributed by atoms with Gasteiger partial charge in [-0.1, -0.05) is 12.1 Å². The highest BCUT2D eigenvalue weighted by molar-refractivity contribution is 5.74. The lowest BCUT2D eigenvalue weighted by Gasteiger charge is -2.12. The lowest BCUT2D eigenvalue weighted by Crippen LogP contribution is -2.26. The van der Waals surface area contributed by atoms with Gasteiger partial charge < -0.3 is 15.2 Å². The molecule has 1 aromatic rings. The molecule has 4 heteroatoms. The van der Waals surface area contributed by atoms with Gasteiger partial charge in [0.1, 0.15) is 0 Å². The van der Waals surface area contributed by atoms with E-state index in [1.165, 1.54) is 14.2 Å². The summed E-state index contributed by atoms with van der Waals surface area (Å²) in [5.41, 5.74) is 7.24. The average molecular weight is 209 g/mol. The third-order valence-electron chi connectivity index (χ3n) is 2.15. The minimum absolute atomic E-state index is 0.366. The van der Waals surface area contributed by atoms with Gasteiger partial charge in [-0.25, -0.2) is 4.79 Å². The van der Waals surface area contributed by atoms with Gasteiger partial charge in [-0.15, -0.1) is 0 Å². The Hall–Kier alpha value is -1.55. The molecule has 1 atom stereocenters. The zero-order valence-corrected chi connectivity index (χ0v) is 8.90. The third-order valence-corrected chi connectivity index (χ3v) is 2.15. The number of hydrogen-bond donors (Lipinski definition) is 1. The molecule has 0 amide bonds. The van der Waals surface area contributed by atoms with Gasteiger partial charge in [-0.2, -0.15) is 0 Å². The molecule has 0 aliphatic rings. The average Bonchev–Trinajstić information content (AvgIpc) is 2.27. The van der Waals surface area contributed by atoms with Gasteiger partial charge >= 0.3 is 5.97 Å². The Balaban J connectivity index is 2.66. The Morgan fingerprint density at radius 1 is 1.33 bits per heavy atom. The van der Waals surface area contributed by atoms with Crippen molar-refractivity contribution < 1.29 is 14.3 Å². The number of hydrogen-bond acceptors (Lipinski definition) is 4. The second-order valence-corrected chi connectivity index (χ2v) is 3.19. The van der Waals surface area contributed by atoms with Crippen LogP contribution in [0.4, 0.5) is 5.69 Å². The summed E-state index contributed by atoms with van der Waals surface area (Å²) in [7, 11) is 2.83. The normalized spacial score (nSPS) is 12.1. The van der Waals surface area contributed by atoms with Crippen molar-refractivity contribution in [1.82, 2.24) is 0 Å². The van der Waals surface area contributed by atoms with E-state index in [1.54, 1.807) is 12.1 Å². The zero-order valence-electron chi connectivity index (χ0n) is 8.90. The third kappa shape index (κ3) is 3.25. The highest BCUT2D eigenvalue weighted by atomic mass is 16.6. The number of carbonyl (C=O) groups excluding carboxylic acids is 1. The predicted octanol–water partition coefficient (Wildman–Crippen LogP) is 0.999. The SMILES string of the molecule is COC(=O)[C@@H](Cc1ccc(N)cc1)OC. The van der Waals surface area contributed by atoms with E-state index in [9.17, 15) is 4.79 Å². The van der Waals surface area contributed by atoms with Gasteiger partial charge in [0.05, 0.1) is 7.11 Å². The molecule has 1 rings (SSSR count). The Labute approximate surface area is 89.0 Å². The van der Waals surface area contributed by atoms with Gasteiger partial charge in [-0.05, 0) is 17.7 Å². The number of benzene rings is 1. The van der Waals surface area contributed by atoms with E-state index in [0.29, 0.717) is 12.1 Å². The molecule has 0 heterocycles. The molecule has 15 heavy (non-hydrogen) atoms. The van der Waals surface area contributed by atoms with Crippen LogP contribution in [0.15, 0.2) is 24.3 Å². The van der Waals surface area contributed by atoms with Crippen LogP contribution >= 0.6 is 0 Å². The number of methoxy groups -OCH3 is 2. The first-order valence-corrected chi connectivity index (χ1v) is 4.62. The van der Waals surface area contributed by atoms with Crippen molar-refractivity contribution in [3.05, 3.63) is 29.8 Å². The molecule has 1 aromatic carbocycles. The summed E-state index contributed by atoms with van der Waals surface area (Å²) >= 11 is 0. The van der Waals surface area contributed by atoms with Crippen LogP contribution in [-0.2, 0) is 20.7 Å². The molecule has 0 unspecified atom stereocenters. The molecule has 0 saturated carbocycles. The van der Waals surface area contributed by atoms with E-state index in [0.717, 1.165) is 5.56 Å². The quantitative estimate of drug-likeness (QED) is 0.593. The minimum atomic E-state index is -0.557. The molecular weight excluding hydrogens is 194 g/mol. The molecule has 0 aliphatic carbocycles. The van der Waals surface area contributed by atoms with Crippen molar-refractivity contribution in [3.8, 4) is 0 Å². The van der Waals surface area contributed by atoms with Gasteiger partial charge in [0.15, 0.2) is 6.10 Å². The summed E-state index contributed by atoms with van der Waals surface area (Å²) < 4.78 is 9.64. The van der Waals surface area contributed by atoms with Crippen LogP contribution in [-0.4, -0.2) is 26.3 Å². The number of nitrogens with two attached hydrogens (primary N) is 1. The summed E-state index contributed by atoms with van der Waals surface area (Å²) in [6, 6.07) is 7.31. The number of carbonyl (C=O) groups is 1. The molecule has 0 aliphatic heterocycles. The fourth-order valence-electron chi connectivity index (χ4n) is 1.26. The second-order valence-electron chi connectivity index (χ2n) is 3.19. The summed E-state index contributed by atoms with van der Waals surface area (Å²) in [4.78, 5) is 11.2. The second kappa shape index (κ2) is 5.36. The van der Waals surface area contributed by atoms with E-state index >= 15 is 0 Å². The minimum Gasteiger partial charge on any atom is -0.467 e. The summed E-state index contributed by atoms with van der Waals surface area (Å²) in [6.07, 6.45) is -0.0673. The highest BCUT2D eigenvalue weighted by Gasteiger charge is 2.18. The topological polar surface area (TPSA) is 61.5 Å².